The van der Waals surface area contributed by atoms with E-state index in [1.165, 1.54) is 36.8 Å². The summed E-state index contributed by atoms with van der Waals surface area (Å²) in [5.74, 6) is 3.46. The zero-order valence-corrected chi connectivity index (χ0v) is 17.5. The number of benzene rings is 1. The molecular weight excluding hydrogens is 384 g/mol. The van der Waals surface area contributed by atoms with Gasteiger partial charge in [0.05, 0.1) is 22.9 Å². The minimum atomic E-state index is 0.596. The Morgan fingerprint density at radius 3 is 2.76 bits per heavy atom. The molecule has 5 rings (SSSR count). The van der Waals surface area contributed by atoms with Gasteiger partial charge in [-0.25, -0.2) is 9.97 Å². The molecule has 1 N–H and O–H groups in total. The maximum atomic E-state index is 5.89. The average molecular weight is 411 g/mol. The van der Waals surface area contributed by atoms with Crippen LogP contribution >= 0.6 is 11.6 Å². The van der Waals surface area contributed by atoms with Gasteiger partial charge in [0, 0.05) is 44.0 Å². The van der Waals surface area contributed by atoms with Crippen molar-refractivity contribution in [3.63, 3.8) is 0 Å². The first-order chi connectivity index (χ1) is 14.2. The number of anilines is 2. The molecule has 1 aliphatic heterocycles. The predicted molar refractivity (Wildman–Crippen MR) is 117 cm³/mol. The van der Waals surface area contributed by atoms with E-state index in [0.717, 1.165) is 48.9 Å². The third-order valence-electron chi connectivity index (χ3n) is 6.48. The summed E-state index contributed by atoms with van der Waals surface area (Å²) in [4.78, 5) is 11.0. The molecule has 6 nitrogen and oxygen atoms in total. The van der Waals surface area contributed by atoms with E-state index in [1.54, 1.807) is 12.4 Å². The van der Waals surface area contributed by atoms with Gasteiger partial charge in [-0.2, -0.15) is 5.10 Å². The van der Waals surface area contributed by atoms with Gasteiger partial charge in [-0.05, 0) is 61.6 Å². The quantitative estimate of drug-likeness (QED) is 0.653. The number of halogens is 1. The smallest absolute Gasteiger partial charge is 0.225 e. The van der Waals surface area contributed by atoms with E-state index in [1.807, 2.05) is 11.7 Å². The lowest BCUT2D eigenvalue weighted by Gasteiger charge is -2.32. The molecule has 1 aromatic carbocycles. The second kappa shape index (κ2) is 7.82. The fourth-order valence-corrected chi connectivity index (χ4v) is 4.94. The summed E-state index contributed by atoms with van der Waals surface area (Å²) in [6.45, 7) is 3.15. The molecule has 152 valence electrons. The van der Waals surface area contributed by atoms with E-state index < -0.39 is 0 Å². The second-order valence-electron chi connectivity index (χ2n) is 8.48. The van der Waals surface area contributed by atoms with Crippen LogP contribution < -0.4 is 10.2 Å². The van der Waals surface area contributed by atoms with Crippen LogP contribution in [0.1, 0.15) is 25.7 Å². The lowest BCUT2D eigenvalue weighted by molar-refractivity contribution is 0.343. The van der Waals surface area contributed by atoms with Gasteiger partial charge >= 0.3 is 0 Å². The molecule has 0 spiro atoms. The normalized spacial score (nSPS) is 22.2. The summed E-state index contributed by atoms with van der Waals surface area (Å²) >= 11 is 5.89. The Hall–Kier alpha value is -2.34. The lowest BCUT2D eigenvalue weighted by atomic mass is 9.90. The average Bonchev–Trinajstić information content (AvgIpc) is 3.40. The third kappa shape index (κ3) is 4.17. The van der Waals surface area contributed by atoms with E-state index >= 15 is 0 Å². The van der Waals surface area contributed by atoms with Crippen molar-refractivity contribution in [3.05, 3.63) is 41.8 Å². The first-order valence-electron chi connectivity index (χ1n) is 10.6. The van der Waals surface area contributed by atoms with E-state index in [4.69, 9.17) is 11.6 Å². The van der Waals surface area contributed by atoms with E-state index in [9.17, 15) is 0 Å². The van der Waals surface area contributed by atoms with Crippen LogP contribution in [0.4, 0.5) is 11.6 Å². The van der Waals surface area contributed by atoms with Gasteiger partial charge in [0.1, 0.15) is 0 Å². The highest BCUT2D eigenvalue weighted by molar-refractivity contribution is 6.30. The van der Waals surface area contributed by atoms with Crippen LogP contribution in [0.25, 0.3) is 10.9 Å². The van der Waals surface area contributed by atoms with E-state index in [-0.39, 0.29) is 0 Å². The standard InChI is InChI=1S/C22H27ClN6/c1-28-14-17-10-19(2-3-21(17)27-28)24-7-4-16-11-20(16)15-5-8-29(9-6-15)22-25-12-18(23)13-26-22/h2-3,10,12-16,20,24H,4-9,11H2,1H3/t16-,20?/m1/s1. The first kappa shape index (κ1) is 18.7. The topological polar surface area (TPSA) is 58.9 Å². The largest absolute Gasteiger partial charge is 0.385 e. The number of nitrogens with one attached hydrogen (secondary N) is 1. The van der Waals surface area contributed by atoms with Crippen molar-refractivity contribution in [1.29, 1.82) is 0 Å². The third-order valence-corrected chi connectivity index (χ3v) is 6.67. The van der Waals surface area contributed by atoms with Gasteiger partial charge in [-0.1, -0.05) is 11.6 Å². The summed E-state index contributed by atoms with van der Waals surface area (Å²) in [5, 5.41) is 9.82. The Bertz CT molecular complexity index is 977. The van der Waals surface area contributed by atoms with Crippen LogP contribution in [-0.4, -0.2) is 39.4 Å². The lowest BCUT2D eigenvalue weighted by Crippen LogP contribution is -2.35. The first-order valence-corrected chi connectivity index (χ1v) is 10.9. The fraction of sp³-hybridized carbons (Fsp3) is 0.500. The number of hydrogen-bond donors (Lipinski definition) is 1. The van der Waals surface area contributed by atoms with Crippen molar-refractivity contribution in [2.45, 2.75) is 25.7 Å². The number of fused-ring (bicyclic) bond motifs is 1. The maximum absolute atomic E-state index is 5.89. The second-order valence-corrected chi connectivity index (χ2v) is 8.91. The molecule has 1 aliphatic carbocycles. The number of hydrogen-bond acceptors (Lipinski definition) is 5. The zero-order chi connectivity index (χ0) is 19.8. The molecule has 1 unspecified atom stereocenters. The highest BCUT2D eigenvalue weighted by atomic mass is 35.5. The Balaban J connectivity index is 1.06. The molecule has 2 aromatic heterocycles. The van der Waals surface area contributed by atoms with Crippen LogP contribution in [0, 0.1) is 17.8 Å². The Labute approximate surface area is 176 Å². The molecule has 29 heavy (non-hydrogen) atoms. The van der Waals surface area contributed by atoms with Gasteiger partial charge in [0.15, 0.2) is 0 Å². The molecule has 2 atom stereocenters. The summed E-state index contributed by atoms with van der Waals surface area (Å²) in [6.07, 6.45) is 10.6. The number of piperidine rings is 1. The number of rotatable bonds is 6. The Kier molecular flexibility index (Phi) is 5.04. The molecule has 7 heteroatoms. The summed E-state index contributed by atoms with van der Waals surface area (Å²) < 4.78 is 1.87. The molecule has 0 bridgehead atoms. The maximum Gasteiger partial charge on any atom is 0.225 e. The van der Waals surface area contributed by atoms with Gasteiger partial charge in [0.25, 0.3) is 0 Å². The van der Waals surface area contributed by atoms with Crippen LogP contribution in [-0.2, 0) is 7.05 Å². The van der Waals surface area contributed by atoms with Crippen molar-refractivity contribution >= 4 is 34.1 Å². The number of aromatic nitrogens is 4. The van der Waals surface area contributed by atoms with E-state index in [2.05, 4.69) is 49.7 Å². The van der Waals surface area contributed by atoms with Gasteiger partial charge in [-0.3, -0.25) is 4.68 Å². The van der Waals surface area contributed by atoms with Gasteiger partial charge in [0.2, 0.25) is 5.95 Å². The summed E-state index contributed by atoms with van der Waals surface area (Å²) in [7, 11) is 1.97. The van der Waals surface area contributed by atoms with Gasteiger partial charge < -0.3 is 10.2 Å². The minimum Gasteiger partial charge on any atom is -0.385 e. The molecule has 3 aromatic rings. The number of nitrogens with zero attached hydrogens (tertiary/aromatic N) is 5. The van der Waals surface area contributed by atoms with Crippen molar-refractivity contribution < 1.29 is 0 Å². The van der Waals surface area contributed by atoms with Crippen molar-refractivity contribution in [3.8, 4) is 0 Å². The minimum absolute atomic E-state index is 0.596. The summed E-state index contributed by atoms with van der Waals surface area (Å²) in [6, 6.07) is 6.42. The van der Waals surface area contributed by atoms with Crippen molar-refractivity contribution in [1.82, 2.24) is 19.7 Å². The Morgan fingerprint density at radius 2 is 1.97 bits per heavy atom. The molecule has 1 saturated carbocycles. The molecule has 2 fully saturated rings. The molecule has 3 heterocycles. The molecule has 0 radical (unpaired) electrons. The molecular formula is C22H27ClN6. The van der Waals surface area contributed by atoms with Crippen LogP contribution in [0.2, 0.25) is 5.02 Å². The zero-order valence-electron chi connectivity index (χ0n) is 16.8. The van der Waals surface area contributed by atoms with Crippen LogP contribution in [0.3, 0.4) is 0 Å². The fourth-order valence-electron chi connectivity index (χ4n) is 4.84. The van der Waals surface area contributed by atoms with Gasteiger partial charge in [-0.15, -0.1) is 0 Å². The number of aryl methyl sites for hydroxylation is 1. The van der Waals surface area contributed by atoms with Crippen molar-refractivity contribution in [2.75, 3.05) is 29.9 Å². The molecule has 0 amide bonds. The predicted octanol–water partition coefficient (Wildman–Crippen LogP) is 4.37. The highest BCUT2D eigenvalue weighted by Gasteiger charge is 2.43. The molecule has 1 saturated heterocycles. The molecule has 2 aliphatic rings. The van der Waals surface area contributed by atoms with E-state index in [0.29, 0.717) is 5.02 Å². The van der Waals surface area contributed by atoms with Crippen molar-refractivity contribution in [2.24, 2.45) is 24.8 Å². The summed E-state index contributed by atoms with van der Waals surface area (Å²) in [5.41, 5.74) is 2.25. The monoisotopic (exact) mass is 410 g/mol. The highest BCUT2D eigenvalue weighted by Crippen LogP contribution is 2.49. The Morgan fingerprint density at radius 1 is 1.17 bits per heavy atom. The SMILES string of the molecule is Cn1cc2cc(NCC[C@@H]3CC3C3CCN(c4ncc(Cl)cn4)CC3)ccc2n1. The van der Waals surface area contributed by atoms with Crippen LogP contribution in [0.15, 0.2) is 36.8 Å². The van der Waals surface area contributed by atoms with Crippen LogP contribution in [0.5, 0.6) is 0 Å².